The van der Waals surface area contributed by atoms with Gasteiger partial charge in [-0.15, -0.1) is 0 Å². The van der Waals surface area contributed by atoms with Crippen molar-refractivity contribution in [3.8, 4) is 0 Å². The summed E-state index contributed by atoms with van der Waals surface area (Å²) in [7, 11) is 1.57. The van der Waals surface area contributed by atoms with Crippen molar-refractivity contribution in [1.29, 1.82) is 0 Å². The fraction of sp³-hybridized carbons (Fsp3) is 0.429. The molecule has 6 heteroatoms. The molecule has 1 aromatic rings. The monoisotopic (exact) mass is 280 g/mol. The Morgan fingerprint density at radius 3 is 2.65 bits per heavy atom. The minimum atomic E-state index is -1.01. The number of aryl methyl sites for hydroxylation is 1. The quantitative estimate of drug-likeness (QED) is 0.837. The van der Waals surface area contributed by atoms with Crippen LogP contribution in [0.1, 0.15) is 22.8 Å². The van der Waals surface area contributed by atoms with Gasteiger partial charge in [0.25, 0.3) is 0 Å². The van der Waals surface area contributed by atoms with Crippen molar-refractivity contribution in [3.05, 3.63) is 29.3 Å². The molecule has 0 atom stereocenters. The summed E-state index contributed by atoms with van der Waals surface area (Å²) in [6.07, 6.45) is 0. The smallest absolute Gasteiger partial charge is 0.336 e. The van der Waals surface area contributed by atoms with Gasteiger partial charge in [0.1, 0.15) is 0 Å². The van der Waals surface area contributed by atoms with E-state index >= 15 is 0 Å². The number of hydrogen-bond donors (Lipinski definition) is 2. The molecule has 0 bridgehead atoms. The van der Waals surface area contributed by atoms with E-state index in [9.17, 15) is 9.59 Å². The Bertz CT molecular complexity index is 488. The molecule has 110 valence electrons. The number of nitrogens with zero attached hydrogens (tertiary/aromatic N) is 1. The molecule has 1 rings (SSSR count). The van der Waals surface area contributed by atoms with Crippen LogP contribution in [0.15, 0.2) is 18.2 Å². The number of carbonyl (C=O) groups excluding carboxylic acids is 1. The number of amides is 2. The van der Waals surface area contributed by atoms with Gasteiger partial charge < -0.3 is 20.1 Å². The number of aromatic carboxylic acids is 1. The summed E-state index contributed by atoms with van der Waals surface area (Å²) in [5.74, 6) is -1.01. The zero-order valence-electron chi connectivity index (χ0n) is 12.0. The molecule has 0 saturated heterocycles. The Labute approximate surface area is 118 Å². The molecular formula is C14H20N2O4. The summed E-state index contributed by atoms with van der Waals surface area (Å²) in [6, 6.07) is 4.54. The molecule has 0 aliphatic carbocycles. The zero-order chi connectivity index (χ0) is 15.1. The third kappa shape index (κ3) is 4.24. The van der Waals surface area contributed by atoms with E-state index in [1.807, 2.05) is 6.92 Å². The lowest BCUT2D eigenvalue weighted by Gasteiger charge is -2.21. The largest absolute Gasteiger partial charge is 0.478 e. The number of methoxy groups -OCH3 is 1. The van der Waals surface area contributed by atoms with Crippen LogP contribution in [0.2, 0.25) is 0 Å². The number of carboxylic acids is 1. The fourth-order valence-electron chi connectivity index (χ4n) is 1.74. The highest BCUT2D eigenvalue weighted by molar-refractivity contribution is 5.94. The van der Waals surface area contributed by atoms with Gasteiger partial charge in [0.15, 0.2) is 0 Å². The second-order valence-corrected chi connectivity index (χ2v) is 4.34. The lowest BCUT2D eigenvalue weighted by molar-refractivity contribution is 0.0696. The molecule has 0 heterocycles. The Morgan fingerprint density at radius 1 is 1.40 bits per heavy atom. The van der Waals surface area contributed by atoms with Gasteiger partial charge in [0.05, 0.1) is 12.2 Å². The normalized spacial score (nSPS) is 10.2. The van der Waals surface area contributed by atoms with E-state index in [0.29, 0.717) is 30.9 Å². The van der Waals surface area contributed by atoms with Gasteiger partial charge in [-0.05, 0) is 31.5 Å². The van der Waals surface area contributed by atoms with Crippen molar-refractivity contribution in [3.63, 3.8) is 0 Å². The second kappa shape index (κ2) is 7.49. The van der Waals surface area contributed by atoms with E-state index < -0.39 is 5.97 Å². The Balaban J connectivity index is 2.79. The Kier molecular flexibility index (Phi) is 5.99. The molecule has 6 nitrogen and oxygen atoms in total. The van der Waals surface area contributed by atoms with E-state index in [4.69, 9.17) is 9.84 Å². The van der Waals surface area contributed by atoms with Crippen LogP contribution in [-0.4, -0.2) is 48.8 Å². The zero-order valence-corrected chi connectivity index (χ0v) is 12.0. The number of rotatable bonds is 6. The number of hydrogen-bond acceptors (Lipinski definition) is 3. The summed E-state index contributed by atoms with van der Waals surface area (Å²) < 4.78 is 4.94. The maximum atomic E-state index is 12.0. The lowest BCUT2D eigenvalue weighted by atomic mass is 10.1. The topological polar surface area (TPSA) is 78.9 Å². The highest BCUT2D eigenvalue weighted by Gasteiger charge is 2.13. The molecule has 1 aromatic carbocycles. The van der Waals surface area contributed by atoms with E-state index in [1.165, 1.54) is 6.07 Å². The average Bonchev–Trinajstić information content (AvgIpc) is 2.41. The standard InChI is InChI=1S/C14H20N2O4/c1-4-16(7-8-20-3)14(19)15-11-6-5-10(2)12(9-11)13(17)18/h5-6,9H,4,7-8H2,1-3H3,(H,15,19)(H,17,18). The third-order valence-corrected chi connectivity index (χ3v) is 2.95. The first-order chi connectivity index (χ1) is 9.49. The van der Waals surface area contributed by atoms with Gasteiger partial charge in [-0.1, -0.05) is 6.07 Å². The predicted molar refractivity (Wildman–Crippen MR) is 76.3 cm³/mol. The van der Waals surface area contributed by atoms with Crippen molar-refractivity contribution < 1.29 is 19.4 Å². The number of nitrogens with one attached hydrogen (secondary N) is 1. The fourth-order valence-corrected chi connectivity index (χ4v) is 1.74. The second-order valence-electron chi connectivity index (χ2n) is 4.34. The molecule has 0 aliphatic heterocycles. The number of anilines is 1. The van der Waals surface area contributed by atoms with Crippen LogP contribution in [0, 0.1) is 6.92 Å². The number of likely N-dealkylation sites (N-methyl/N-ethyl adjacent to an activating group) is 1. The van der Waals surface area contributed by atoms with E-state index in [2.05, 4.69) is 5.32 Å². The average molecular weight is 280 g/mol. The molecule has 0 saturated carbocycles. The molecule has 0 aromatic heterocycles. The summed E-state index contributed by atoms with van der Waals surface area (Å²) >= 11 is 0. The lowest BCUT2D eigenvalue weighted by Crippen LogP contribution is -2.37. The molecule has 0 spiro atoms. The highest BCUT2D eigenvalue weighted by Crippen LogP contribution is 2.15. The highest BCUT2D eigenvalue weighted by atomic mass is 16.5. The van der Waals surface area contributed by atoms with Crippen LogP contribution in [-0.2, 0) is 4.74 Å². The van der Waals surface area contributed by atoms with Gasteiger partial charge in [0, 0.05) is 25.9 Å². The number of carbonyl (C=O) groups is 2. The van der Waals surface area contributed by atoms with Crippen molar-refractivity contribution in [2.24, 2.45) is 0 Å². The first-order valence-corrected chi connectivity index (χ1v) is 6.38. The number of urea groups is 1. The van der Waals surface area contributed by atoms with Gasteiger partial charge in [-0.2, -0.15) is 0 Å². The van der Waals surface area contributed by atoms with Crippen LogP contribution in [0.4, 0.5) is 10.5 Å². The summed E-state index contributed by atoms with van der Waals surface area (Å²) in [6.45, 7) is 5.07. The molecule has 2 amide bonds. The van der Waals surface area contributed by atoms with Crippen LogP contribution in [0.3, 0.4) is 0 Å². The minimum absolute atomic E-state index is 0.183. The van der Waals surface area contributed by atoms with E-state index in [0.717, 1.165) is 0 Å². The molecule has 0 fully saturated rings. The number of carboxylic acid groups (broad SMARTS) is 1. The molecular weight excluding hydrogens is 260 g/mol. The molecule has 2 N–H and O–H groups in total. The van der Waals surface area contributed by atoms with Gasteiger partial charge in [-0.3, -0.25) is 0 Å². The molecule has 0 unspecified atom stereocenters. The first kappa shape index (κ1) is 16.0. The summed E-state index contributed by atoms with van der Waals surface area (Å²) in [5.41, 5.74) is 1.30. The minimum Gasteiger partial charge on any atom is -0.478 e. The Hall–Kier alpha value is -2.08. The van der Waals surface area contributed by atoms with Gasteiger partial charge in [0.2, 0.25) is 0 Å². The van der Waals surface area contributed by atoms with Crippen LogP contribution in [0.5, 0.6) is 0 Å². The van der Waals surface area contributed by atoms with Crippen molar-refractivity contribution in [1.82, 2.24) is 4.90 Å². The predicted octanol–water partition coefficient (Wildman–Crippen LogP) is 2.19. The van der Waals surface area contributed by atoms with Crippen LogP contribution < -0.4 is 5.32 Å². The van der Waals surface area contributed by atoms with Crippen molar-refractivity contribution >= 4 is 17.7 Å². The number of ether oxygens (including phenoxy) is 1. The van der Waals surface area contributed by atoms with Crippen molar-refractivity contribution in [2.45, 2.75) is 13.8 Å². The maximum Gasteiger partial charge on any atom is 0.336 e. The van der Waals surface area contributed by atoms with E-state index in [-0.39, 0.29) is 11.6 Å². The number of benzene rings is 1. The SMILES string of the molecule is CCN(CCOC)C(=O)Nc1ccc(C)c(C(=O)O)c1. The third-order valence-electron chi connectivity index (χ3n) is 2.95. The van der Waals surface area contributed by atoms with Gasteiger partial charge in [-0.25, -0.2) is 9.59 Å². The van der Waals surface area contributed by atoms with E-state index in [1.54, 1.807) is 31.1 Å². The van der Waals surface area contributed by atoms with Crippen LogP contribution in [0.25, 0.3) is 0 Å². The maximum absolute atomic E-state index is 12.0. The summed E-state index contributed by atoms with van der Waals surface area (Å²) in [5, 5.41) is 11.7. The Morgan fingerprint density at radius 2 is 2.10 bits per heavy atom. The molecule has 0 aliphatic rings. The van der Waals surface area contributed by atoms with Gasteiger partial charge >= 0.3 is 12.0 Å². The summed E-state index contributed by atoms with van der Waals surface area (Å²) in [4.78, 5) is 24.7. The first-order valence-electron chi connectivity index (χ1n) is 6.38. The van der Waals surface area contributed by atoms with Crippen molar-refractivity contribution in [2.75, 3.05) is 32.1 Å². The van der Waals surface area contributed by atoms with Crippen LogP contribution >= 0.6 is 0 Å². The molecule has 20 heavy (non-hydrogen) atoms. The molecule has 0 radical (unpaired) electrons.